The summed E-state index contributed by atoms with van der Waals surface area (Å²) in [6.45, 7) is 0.406. The lowest BCUT2D eigenvalue weighted by molar-refractivity contribution is -0.134. The number of hydrogen-bond donors (Lipinski definition) is 3. The van der Waals surface area contributed by atoms with E-state index in [1.807, 2.05) is 30.3 Å². The van der Waals surface area contributed by atoms with Crippen molar-refractivity contribution in [1.82, 2.24) is 4.70 Å². The second kappa shape index (κ2) is 9.25. The van der Waals surface area contributed by atoms with Gasteiger partial charge in [-0.05, 0) is 16.2 Å². The van der Waals surface area contributed by atoms with Crippen molar-refractivity contribution < 1.29 is 19.8 Å². The zero-order chi connectivity index (χ0) is 23.3. The van der Waals surface area contributed by atoms with E-state index in [-0.39, 0.29) is 4.70 Å². The molecule has 2 heterocycles. The van der Waals surface area contributed by atoms with Crippen LogP contribution in [-0.2, 0) is 9.59 Å². The third-order valence-corrected chi connectivity index (χ3v) is 4.96. The number of nitrogens with one attached hydrogen (secondary N) is 1. The third kappa shape index (κ3) is 4.68. The second-order valence-electron chi connectivity index (χ2n) is 7.09. The van der Waals surface area contributed by atoms with Gasteiger partial charge in [-0.2, -0.15) is 0 Å². The van der Waals surface area contributed by atoms with E-state index in [9.17, 15) is 9.59 Å². The zero-order valence-electron chi connectivity index (χ0n) is 17.4. The van der Waals surface area contributed by atoms with E-state index in [1.165, 1.54) is 10.8 Å². The van der Waals surface area contributed by atoms with Gasteiger partial charge < -0.3 is 15.5 Å². The van der Waals surface area contributed by atoms with Gasteiger partial charge in [0.1, 0.15) is 18.3 Å². The summed E-state index contributed by atoms with van der Waals surface area (Å²) in [5, 5.41) is 30.6. The standard InChI is InChI=1S/C20H16N5.C4H4O4/c1-2-8-16(9-3-1)25(22-12-13-23-25)14-21-20-17-10-4-6-15-7-5-11-18(24-20)19(15)17;5-3(6)1-2-4(7)8/h1-13H,14H2,(H,21,24);1-2H,(H,5,6)(H,7,8)/q+1;/b;2-1+. The van der Waals surface area contributed by atoms with E-state index < -0.39 is 11.9 Å². The Morgan fingerprint density at radius 2 is 1.52 bits per heavy atom. The molecule has 3 N–H and O–H groups in total. The Balaban J connectivity index is 0.000000281. The predicted molar refractivity (Wildman–Crippen MR) is 129 cm³/mol. The summed E-state index contributed by atoms with van der Waals surface area (Å²) in [5.41, 5.74) is 3.23. The molecule has 0 fully saturated rings. The maximum Gasteiger partial charge on any atom is 0.328 e. The molecule has 5 rings (SSSR count). The third-order valence-electron chi connectivity index (χ3n) is 4.96. The molecule has 0 amide bonds. The summed E-state index contributed by atoms with van der Waals surface area (Å²) in [4.78, 5) is 24.0. The van der Waals surface area contributed by atoms with Crippen LogP contribution in [0.3, 0.4) is 0 Å². The van der Waals surface area contributed by atoms with Gasteiger partial charge in [-0.3, -0.25) is 0 Å². The van der Waals surface area contributed by atoms with Gasteiger partial charge in [-0.25, -0.2) is 14.6 Å². The summed E-state index contributed by atoms with van der Waals surface area (Å²) in [6, 6.07) is 22.6. The van der Waals surface area contributed by atoms with Crippen LogP contribution in [0.1, 0.15) is 5.56 Å². The first-order valence-electron chi connectivity index (χ1n) is 9.99. The minimum absolute atomic E-state index is 0.109. The number of benzene rings is 3. The number of hydrogen-bond acceptors (Lipinski definition) is 5. The van der Waals surface area contributed by atoms with Crippen molar-refractivity contribution in [3.05, 3.63) is 84.4 Å². The zero-order valence-corrected chi connectivity index (χ0v) is 17.4. The van der Waals surface area contributed by atoms with E-state index in [2.05, 4.69) is 51.9 Å². The number of carboxylic acid groups (broad SMARTS) is 2. The van der Waals surface area contributed by atoms with Crippen molar-refractivity contribution in [1.29, 1.82) is 0 Å². The highest BCUT2D eigenvalue weighted by atomic mass is 16.4. The first kappa shape index (κ1) is 21.6. The molecule has 0 saturated heterocycles. The minimum Gasteiger partial charge on any atom is -0.478 e. The molecule has 3 aromatic rings. The molecular weight excluding hydrogens is 422 g/mol. The lowest BCUT2D eigenvalue weighted by Crippen LogP contribution is -2.37. The highest BCUT2D eigenvalue weighted by Gasteiger charge is 2.33. The monoisotopic (exact) mass is 442 g/mol. The quantitative estimate of drug-likeness (QED) is 0.411. The van der Waals surface area contributed by atoms with Crippen LogP contribution in [-0.4, -0.2) is 47.1 Å². The largest absolute Gasteiger partial charge is 0.478 e. The Labute approximate surface area is 188 Å². The van der Waals surface area contributed by atoms with Crippen LogP contribution in [0.25, 0.3) is 10.8 Å². The van der Waals surface area contributed by atoms with Gasteiger partial charge in [0.2, 0.25) is 6.67 Å². The van der Waals surface area contributed by atoms with Gasteiger partial charge in [0.05, 0.1) is 0 Å². The Kier molecular flexibility index (Phi) is 6.05. The lowest BCUT2D eigenvalue weighted by Gasteiger charge is -2.20. The Hall–Kier alpha value is -4.63. The molecule has 9 heteroatoms. The SMILES string of the molecule is C1=N[N+](CN=C2Nc3cccc4cccc2c34)(c2ccccc2)N=C1.O=C(O)/C=C/C(=O)O. The van der Waals surface area contributed by atoms with Gasteiger partial charge in [-0.15, -0.1) is 0 Å². The maximum atomic E-state index is 9.55. The fourth-order valence-electron chi connectivity index (χ4n) is 3.54. The molecule has 0 aromatic heterocycles. The molecule has 0 bridgehead atoms. The van der Waals surface area contributed by atoms with Crippen molar-refractivity contribution in [2.24, 2.45) is 15.2 Å². The van der Waals surface area contributed by atoms with Crippen molar-refractivity contribution >= 4 is 52.4 Å². The highest BCUT2D eigenvalue weighted by Crippen LogP contribution is 2.33. The molecule has 33 heavy (non-hydrogen) atoms. The Bertz CT molecular complexity index is 1300. The number of carbonyl (C=O) groups is 2. The van der Waals surface area contributed by atoms with Crippen LogP contribution < -0.4 is 10.0 Å². The Morgan fingerprint density at radius 3 is 2.15 bits per heavy atom. The first-order valence-corrected chi connectivity index (χ1v) is 9.99. The molecular formula is C24H20N5O4+. The summed E-state index contributed by atoms with van der Waals surface area (Å²) < 4.78 is 0.109. The van der Waals surface area contributed by atoms with Gasteiger partial charge in [0.15, 0.2) is 5.69 Å². The van der Waals surface area contributed by atoms with E-state index in [0.717, 1.165) is 22.8 Å². The molecule has 0 spiro atoms. The van der Waals surface area contributed by atoms with Crippen LogP contribution in [0, 0.1) is 0 Å². The van der Waals surface area contributed by atoms with Gasteiger partial charge >= 0.3 is 11.9 Å². The fourth-order valence-corrected chi connectivity index (χ4v) is 3.54. The van der Waals surface area contributed by atoms with Crippen LogP contribution >= 0.6 is 0 Å². The first-order chi connectivity index (χ1) is 16.0. The summed E-state index contributed by atoms with van der Waals surface area (Å²) in [5.74, 6) is -1.64. The van der Waals surface area contributed by atoms with Crippen LogP contribution in [0.2, 0.25) is 0 Å². The lowest BCUT2D eigenvalue weighted by atomic mass is 10.1. The molecule has 0 unspecified atom stereocenters. The van der Waals surface area contributed by atoms with Crippen LogP contribution in [0.5, 0.6) is 0 Å². The van der Waals surface area contributed by atoms with E-state index in [1.54, 1.807) is 12.4 Å². The number of anilines is 1. The van der Waals surface area contributed by atoms with Gasteiger partial charge in [0, 0.05) is 40.9 Å². The van der Waals surface area contributed by atoms with E-state index in [4.69, 9.17) is 15.2 Å². The number of aliphatic carboxylic acids is 2. The van der Waals surface area contributed by atoms with Crippen LogP contribution in [0.4, 0.5) is 11.4 Å². The average Bonchev–Trinajstić information content (AvgIpc) is 3.45. The van der Waals surface area contributed by atoms with Crippen molar-refractivity contribution in [2.75, 3.05) is 12.0 Å². The number of nitrogens with zero attached hydrogens (tertiary/aromatic N) is 4. The normalized spacial score (nSPS) is 16.1. The van der Waals surface area contributed by atoms with E-state index >= 15 is 0 Å². The molecule has 9 nitrogen and oxygen atoms in total. The van der Waals surface area contributed by atoms with Gasteiger partial charge in [-0.1, -0.05) is 58.7 Å². The summed E-state index contributed by atoms with van der Waals surface area (Å²) >= 11 is 0. The molecule has 3 aromatic carbocycles. The predicted octanol–water partition coefficient (Wildman–Crippen LogP) is 3.67. The van der Waals surface area contributed by atoms with Crippen molar-refractivity contribution in [3.8, 4) is 0 Å². The van der Waals surface area contributed by atoms with Crippen molar-refractivity contribution in [3.63, 3.8) is 0 Å². The van der Waals surface area contributed by atoms with E-state index in [0.29, 0.717) is 18.8 Å². The van der Waals surface area contributed by atoms with Crippen molar-refractivity contribution in [2.45, 2.75) is 0 Å². The maximum absolute atomic E-state index is 9.55. The average molecular weight is 442 g/mol. The number of carboxylic acids is 2. The highest BCUT2D eigenvalue weighted by molar-refractivity contribution is 6.26. The molecule has 0 radical (unpaired) electrons. The topological polar surface area (TPSA) is 124 Å². The molecule has 2 aliphatic rings. The molecule has 2 aliphatic heterocycles. The van der Waals surface area contributed by atoms with Crippen LogP contribution in [0.15, 0.2) is 94.1 Å². The number of para-hydroxylation sites is 1. The smallest absolute Gasteiger partial charge is 0.328 e. The number of amidine groups is 1. The molecule has 0 saturated carbocycles. The second-order valence-corrected chi connectivity index (χ2v) is 7.09. The number of rotatable bonds is 5. The Morgan fingerprint density at radius 1 is 0.879 bits per heavy atom. The number of aliphatic imine (C=N–C) groups is 1. The summed E-state index contributed by atoms with van der Waals surface area (Å²) in [7, 11) is 0. The minimum atomic E-state index is -1.26. The fraction of sp³-hybridized carbons (Fsp3) is 0.0417. The summed E-state index contributed by atoms with van der Waals surface area (Å²) in [6.07, 6.45) is 4.57. The molecule has 0 atom stereocenters. The molecule has 0 aliphatic carbocycles. The number of quaternary nitrogens is 1. The molecule has 164 valence electrons. The van der Waals surface area contributed by atoms with Gasteiger partial charge in [0.25, 0.3) is 0 Å².